The number of nitrogens with zero attached hydrogens (tertiary/aromatic N) is 4. The van der Waals surface area contributed by atoms with Gasteiger partial charge in [-0.15, -0.1) is 10.2 Å². The molecule has 23 heavy (non-hydrogen) atoms. The highest BCUT2D eigenvalue weighted by Crippen LogP contribution is 2.29. The molecule has 0 spiro atoms. The largest absolute Gasteiger partial charge is 0.369 e. The van der Waals surface area contributed by atoms with Gasteiger partial charge in [-0.25, -0.2) is 4.39 Å². The number of rotatable bonds is 5. The zero-order valence-electron chi connectivity index (χ0n) is 12.3. The zero-order chi connectivity index (χ0) is 16.2. The highest BCUT2D eigenvalue weighted by atomic mass is 32.2. The molecule has 1 fully saturated rings. The number of benzene rings is 1. The van der Waals surface area contributed by atoms with Crippen LogP contribution in [-0.4, -0.2) is 48.0 Å². The van der Waals surface area contributed by atoms with E-state index in [1.54, 1.807) is 12.1 Å². The Morgan fingerprint density at radius 1 is 1.17 bits per heavy atom. The fraction of sp³-hybridized carbons (Fsp3) is 0.357. The molecule has 0 aliphatic carbocycles. The summed E-state index contributed by atoms with van der Waals surface area (Å²) in [6.07, 6.45) is 0. The molecule has 6 nitrogen and oxygen atoms in total. The predicted octanol–water partition coefficient (Wildman–Crippen LogP) is 1.58. The van der Waals surface area contributed by atoms with Crippen molar-refractivity contribution in [3.63, 3.8) is 0 Å². The van der Waals surface area contributed by atoms with E-state index >= 15 is 0 Å². The van der Waals surface area contributed by atoms with Crippen LogP contribution in [-0.2, 0) is 4.79 Å². The van der Waals surface area contributed by atoms with Gasteiger partial charge in [-0.2, -0.15) is 0 Å². The molecule has 0 bridgehead atoms. The van der Waals surface area contributed by atoms with Gasteiger partial charge < -0.3 is 15.5 Å². The van der Waals surface area contributed by atoms with Gasteiger partial charge in [0, 0.05) is 31.9 Å². The summed E-state index contributed by atoms with van der Waals surface area (Å²) in [6.45, 7) is 3.34. The van der Waals surface area contributed by atoms with Crippen molar-refractivity contribution < 1.29 is 9.18 Å². The minimum absolute atomic E-state index is 0.215. The van der Waals surface area contributed by atoms with Crippen LogP contribution in [0.2, 0.25) is 0 Å². The first-order chi connectivity index (χ1) is 11.1. The summed E-state index contributed by atoms with van der Waals surface area (Å²) in [6, 6.07) is 6.56. The molecule has 0 unspecified atom stereocenters. The summed E-state index contributed by atoms with van der Waals surface area (Å²) in [5.41, 5.74) is 6.16. The Hall–Kier alpha value is -1.87. The van der Waals surface area contributed by atoms with Crippen molar-refractivity contribution in [2.45, 2.75) is 4.34 Å². The Kier molecular flexibility index (Phi) is 4.97. The van der Waals surface area contributed by atoms with Crippen molar-refractivity contribution >= 4 is 39.8 Å². The Morgan fingerprint density at radius 2 is 1.83 bits per heavy atom. The van der Waals surface area contributed by atoms with E-state index in [0.29, 0.717) is 0 Å². The molecule has 9 heteroatoms. The Bertz CT molecular complexity index is 670. The summed E-state index contributed by atoms with van der Waals surface area (Å²) >= 11 is 2.78. The number of carbonyl (C=O) groups excluding carboxylic acids is 1. The molecule has 1 aliphatic heterocycles. The van der Waals surface area contributed by atoms with Crippen LogP contribution in [0.15, 0.2) is 28.6 Å². The van der Waals surface area contributed by atoms with Gasteiger partial charge in [0.15, 0.2) is 4.34 Å². The van der Waals surface area contributed by atoms with Crippen molar-refractivity contribution in [1.82, 2.24) is 10.2 Å². The molecule has 1 aromatic heterocycles. The molecule has 2 aromatic rings. The van der Waals surface area contributed by atoms with Gasteiger partial charge in [0.2, 0.25) is 11.0 Å². The van der Waals surface area contributed by atoms with E-state index in [4.69, 9.17) is 5.73 Å². The maximum absolute atomic E-state index is 13.0. The second-order valence-electron chi connectivity index (χ2n) is 5.06. The smallest absolute Gasteiger partial charge is 0.227 e. The second kappa shape index (κ2) is 7.14. The highest BCUT2D eigenvalue weighted by molar-refractivity contribution is 8.01. The summed E-state index contributed by atoms with van der Waals surface area (Å²) in [4.78, 5) is 15.2. The van der Waals surface area contributed by atoms with Crippen LogP contribution in [0.3, 0.4) is 0 Å². The molecule has 1 amide bonds. The van der Waals surface area contributed by atoms with Gasteiger partial charge >= 0.3 is 0 Å². The van der Waals surface area contributed by atoms with Gasteiger partial charge in [-0.1, -0.05) is 23.1 Å². The van der Waals surface area contributed by atoms with Crippen molar-refractivity contribution in [3.05, 3.63) is 30.1 Å². The van der Waals surface area contributed by atoms with E-state index in [-0.39, 0.29) is 17.5 Å². The van der Waals surface area contributed by atoms with Crippen LogP contribution >= 0.6 is 23.1 Å². The standard InChI is InChI=1S/C14H16FN5OS2/c15-10-1-3-11(4-2-10)19-5-7-20(8-6-19)13-17-18-14(23-13)22-9-12(16)21/h1-4H,5-9H2,(H2,16,21). The topological polar surface area (TPSA) is 75.3 Å². The number of hydrogen-bond acceptors (Lipinski definition) is 7. The van der Waals surface area contributed by atoms with Gasteiger partial charge in [0.25, 0.3) is 0 Å². The van der Waals surface area contributed by atoms with Crippen molar-refractivity contribution in [2.24, 2.45) is 5.73 Å². The van der Waals surface area contributed by atoms with Crippen LogP contribution in [0.4, 0.5) is 15.2 Å². The van der Waals surface area contributed by atoms with Crippen LogP contribution in [0.5, 0.6) is 0 Å². The lowest BCUT2D eigenvalue weighted by Crippen LogP contribution is -2.46. The number of aromatic nitrogens is 2. The second-order valence-corrected chi connectivity index (χ2v) is 7.23. The summed E-state index contributed by atoms with van der Waals surface area (Å²) in [5.74, 6) is -0.366. The molecular weight excluding hydrogens is 337 g/mol. The van der Waals surface area contributed by atoms with E-state index in [2.05, 4.69) is 20.0 Å². The molecule has 122 valence electrons. The van der Waals surface area contributed by atoms with E-state index in [0.717, 1.165) is 41.3 Å². The monoisotopic (exact) mass is 353 g/mol. The quantitative estimate of drug-likeness (QED) is 0.823. The van der Waals surface area contributed by atoms with Gasteiger partial charge in [-0.3, -0.25) is 4.79 Å². The first-order valence-corrected chi connectivity index (χ1v) is 8.92. The number of thioether (sulfide) groups is 1. The molecule has 1 aliphatic rings. The molecular formula is C14H16FN5OS2. The third kappa shape index (κ3) is 4.11. The Balaban J connectivity index is 1.56. The van der Waals surface area contributed by atoms with E-state index in [9.17, 15) is 9.18 Å². The molecule has 0 saturated carbocycles. The van der Waals surface area contributed by atoms with Gasteiger partial charge in [0.1, 0.15) is 5.82 Å². The SMILES string of the molecule is NC(=O)CSc1nnc(N2CCN(c3ccc(F)cc3)CC2)s1. The third-order valence-corrected chi connectivity index (χ3v) is 5.62. The molecule has 3 rings (SSSR count). The van der Waals surface area contributed by atoms with Crippen LogP contribution in [0.25, 0.3) is 0 Å². The Morgan fingerprint density at radius 3 is 2.48 bits per heavy atom. The number of nitrogens with two attached hydrogens (primary N) is 1. The molecule has 0 radical (unpaired) electrons. The van der Waals surface area contributed by atoms with Gasteiger partial charge in [0.05, 0.1) is 5.75 Å². The van der Waals surface area contributed by atoms with Crippen molar-refractivity contribution in [1.29, 1.82) is 0 Å². The number of primary amides is 1. The molecule has 0 atom stereocenters. The van der Waals surface area contributed by atoms with E-state index in [1.807, 2.05) is 0 Å². The number of amides is 1. The summed E-state index contributed by atoms with van der Waals surface area (Å²) in [7, 11) is 0. The van der Waals surface area contributed by atoms with E-state index < -0.39 is 0 Å². The number of anilines is 2. The molecule has 1 saturated heterocycles. The third-order valence-electron chi connectivity index (χ3n) is 3.48. The lowest BCUT2D eigenvalue weighted by atomic mass is 10.2. The van der Waals surface area contributed by atoms with Gasteiger partial charge in [-0.05, 0) is 24.3 Å². The predicted molar refractivity (Wildman–Crippen MR) is 90.7 cm³/mol. The first kappa shape index (κ1) is 16.0. The lowest BCUT2D eigenvalue weighted by molar-refractivity contribution is -0.115. The Labute approximate surface area is 141 Å². The first-order valence-electron chi connectivity index (χ1n) is 7.12. The lowest BCUT2D eigenvalue weighted by Gasteiger charge is -2.35. The van der Waals surface area contributed by atoms with Crippen LogP contribution < -0.4 is 15.5 Å². The minimum Gasteiger partial charge on any atom is -0.369 e. The molecule has 1 aromatic carbocycles. The fourth-order valence-electron chi connectivity index (χ4n) is 2.33. The molecule has 2 heterocycles. The number of halogens is 1. The van der Waals surface area contributed by atoms with Crippen molar-refractivity contribution in [2.75, 3.05) is 41.7 Å². The number of hydrogen-bond donors (Lipinski definition) is 1. The fourth-order valence-corrected chi connectivity index (χ4v) is 3.96. The number of piperazine rings is 1. The maximum atomic E-state index is 13.0. The van der Waals surface area contributed by atoms with Crippen LogP contribution in [0.1, 0.15) is 0 Å². The average molecular weight is 353 g/mol. The number of carbonyl (C=O) groups is 1. The van der Waals surface area contributed by atoms with E-state index in [1.165, 1.54) is 35.2 Å². The zero-order valence-corrected chi connectivity index (χ0v) is 13.9. The summed E-state index contributed by atoms with van der Waals surface area (Å²) in [5, 5.41) is 9.11. The average Bonchev–Trinajstić information content (AvgIpc) is 3.03. The minimum atomic E-state index is -0.361. The highest BCUT2D eigenvalue weighted by Gasteiger charge is 2.20. The van der Waals surface area contributed by atoms with Crippen molar-refractivity contribution in [3.8, 4) is 0 Å². The normalized spacial score (nSPS) is 15.0. The maximum Gasteiger partial charge on any atom is 0.227 e. The molecule has 2 N–H and O–H groups in total. The summed E-state index contributed by atoms with van der Waals surface area (Å²) < 4.78 is 13.7. The van der Waals surface area contributed by atoms with Crippen LogP contribution in [0, 0.1) is 5.82 Å².